The fourth-order valence-corrected chi connectivity index (χ4v) is 1.44. The number of nitrogens with zero attached hydrogens (tertiary/aromatic N) is 2. The highest BCUT2D eigenvalue weighted by atomic mass is 16.5. The highest BCUT2D eigenvalue weighted by Crippen LogP contribution is 2.04. The second kappa shape index (κ2) is 6.58. The average molecular weight is 211 g/mol. The van der Waals surface area contributed by atoms with Crippen LogP contribution in [0.15, 0.2) is 6.33 Å². The van der Waals surface area contributed by atoms with Crippen LogP contribution in [-0.4, -0.2) is 36.4 Å². The molecule has 0 aliphatic carbocycles. The molecule has 0 bridgehead atoms. The zero-order valence-electron chi connectivity index (χ0n) is 9.92. The Labute approximate surface area is 91.7 Å². The molecule has 4 nitrogen and oxygen atoms in total. The molecule has 0 unspecified atom stereocenters. The molecule has 0 aromatic carbocycles. The van der Waals surface area contributed by atoms with Crippen LogP contribution in [-0.2, 0) is 11.3 Å². The van der Waals surface area contributed by atoms with Crippen molar-refractivity contribution in [3.8, 4) is 0 Å². The van der Waals surface area contributed by atoms with Crippen molar-refractivity contribution in [1.82, 2.24) is 14.9 Å². The van der Waals surface area contributed by atoms with E-state index in [9.17, 15) is 0 Å². The van der Waals surface area contributed by atoms with Gasteiger partial charge in [-0.15, -0.1) is 0 Å². The molecule has 1 aromatic heterocycles. The quantitative estimate of drug-likeness (QED) is 0.687. The average Bonchev–Trinajstić information content (AvgIpc) is 2.54. The van der Waals surface area contributed by atoms with E-state index in [-0.39, 0.29) is 0 Å². The Morgan fingerprint density at radius 2 is 2.20 bits per heavy atom. The molecule has 1 heterocycles. The lowest BCUT2D eigenvalue weighted by Gasteiger charge is -2.06. The van der Waals surface area contributed by atoms with Gasteiger partial charge < -0.3 is 14.6 Å². The summed E-state index contributed by atoms with van der Waals surface area (Å²) in [4.78, 5) is 4.27. The first-order valence-corrected chi connectivity index (χ1v) is 5.43. The Morgan fingerprint density at radius 1 is 1.40 bits per heavy atom. The Kier molecular flexibility index (Phi) is 5.36. The predicted molar refractivity (Wildman–Crippen MR) is 61.1 cm³/mol. The van der Waals surface area contributed by atoms with Crippen LogP contribution in [0.2, 0.25) is 0 Å². The molecule has 1 aromatic rings. The monoisotopic (exact) mass is 211 g/mol. The molecule has 1 rings (SSSR count). The van der Waals surface area contributed by atoms with E-state index in [0.29, 0.717) is 0 Å². The van der Waals surface area contributed by atoms with Crippen molar-refractivity contribution in [3.63, 3.8) is 0 Å². The minimum absolute atomic E-state index is 0.781. The summed E-state index contributed by atoms with van der Waals surface area (Å²) in [7, 11) is 1.72. The van der Waals surface area contributed by atoms with Gasteiger partial charge in [-0.3, -0.25) is 0 Å². The van der Waals surface area contributed by atoms with Gasteiger partial charge in [0.2, 0.25) is 0 Å². The number of hydrogen-bond donors (Lipinski definition) is 1. The van der Waals surface area contributed by atoms with E-state index in [4.69, 9.17) is 4.74 Å². The van der Waals surface area contributed by atoms with Crippen LogP contribution in [0.5, 0.6) is 0 Å². The topological polar surface area (TPSA) is 39.1 Å². The summed E-state index contributed by atoms with van der Waals surface area (Å²) in [6.07, 6.45) is 3.04. The largest absolute Gasteiger partial charge is 0.383 e. The van der Waals surface area contributed by atoms with Crippen LogP contribution in [0, 0.1) is 13.8 Å². The number of imidazole rings is 1. The van der Waals surface area contributed by atoms with Gasteiger partial charge in [0, 0.05) is 25.9 Å². The molecule has 1 N–H and O–H groups in total. The van der Waals surface area contributed by atoms with E-state index < -0.39 is 0 Å². The third kappa shape index (κ3) is 4.01. The predicted octanol–water partition coefficient (Wildman–Crippen LogP) is 1.13. The van der Waals surface area contributed by atoms with Crippen LogP contribution in [0.25, 0.3) is 0 Å². The van der Waals surface area contributed by atoms with Crippen LogP contribution in [0.3, 0.4) is 0 Å². The van der Waals surface area contributed by atoms with E-state index in [1.54, 1.807) is 7.11 Å². The lowest BCUT2D eigenvalue weighted by Crippen LogP contribution is -2.21. The third-order valence-electron chi connectivity index (χ3n) is 2.58. The van der Waals surface area contributed by atoms with Gasteiger partial charge in [0.05, 0.1) is 18.6 Å². The number of hydrogen-bond acceptors (Lipinski definition) is 3. The van der Waals surface area contributed by atoms with Crippen LogP contribution in [0.4, 0.5) is 0 Å². The zero-order chi connectivity index (χ0) is 11.1. The van der Waals surface area contributed by atoms with Crippen molar-refractivity contribution in [2.45, 2.75) is 26.8 Å². The molecule has 0 saturated heterocycles. The molecule has 15 heavy (non-hydrogen) atoms. The Hall–Kier alpha value is -0.870. The fraction of sp³-hybridized carbons (Fsp3) is 0.727. The van der Waals surface area contributed by atoms with Gasteiger partial charge in [0.25, 0.3) is 0 Å². The van der Waals surface area contributed by atoms with Crippen molar-refractivity contribution in [1.29, 1.82) is 0 Å². The summed E-state index contributed by atoms with van der Waals surface area (Å²) >= 11 is 0. The zero-order valence-corrected chi connectivity index (χ0v) is 9.92. The normalized spacial score (nSPS) is 10.9. The first-order chi connectivity index (χ1) is 7.25. The van der Waals surface area contributed by atoms with E-state index in [2.05, 4.69) is 21.8 Å². The van der Waals surface area contributed by atoms with E-state index in [1.165, 1.54) is 5.69 Å². The number of methoxy groups -OCH3 is 1. The van der Waals surface area contributed by atoms with E-state index in [0.717, 1.165) is 38.4 Å². The SMILES string of the molecule is COCCNCCCn1cnc(C)c1C. The number of aromatic nitrogens is 2. The summed E-state index contributed by atoms with van der Waals surface area (Å²) in [5, 5.41) is 3.32. The first-order valence-electron chi connectivity index (χ1n) is 5.43. The smallest absolute Gasteiger partial charge is 0.0951 e. The van der Waals surface area contributed by atoms with E-state index in [1.807, 2.05) is 13.3 Å². The first kappa shape index (κ1) is 12.2. The molecule has 0 spiro atoms. The van der Waals surface area contributed by atoms with Crippen LogP contribution in [0.1, 0.15) is 17.8 Å². The number of aryl methyl sites for hydroxylation is 2. The highest BCUT2D eigenvalue weighted by molar-refractivity contribution is 5.08. The van der Waals surface area contributed by atoms with Crippen LogP contribution < -0.4 is 5.32 Å². The van der Waals surface area contributed by atoms with Gasteiger partial charge in [-0.2, -0.15) is 0 Å². The lowest BCUT2D eigenvalue weighted by atomic mass is 10.3. The summed E-state index contributed by atoms with van der Waals surface area (Å²) in [6.45, 7) is 7.93. The molecule has 0 radical (unpaired) electrons. The van der Waals surface area contributed by atoms with Gasteiger partial charge in [-0.25, -0.2) is 4.98 Å². The molecular formula is C11H21N3O. The third-order valence-corrected chi connectivity index (χ3v) is 2.58. The number of ether oxygens (including phenoxy) is 1. The van der Waals surface area contributed by atoms with Gasteiger partial charge >= 0.3 is 0 Å². The molecule has 0 atom stereocenters. The lowest BCUT2D eigenvalue weighted by molar-refractivity contribution is 0.199. The Morgan fingerprint density at radius 3 is 2.80 bits per heavy atom. The molecule has 0 aliphatic rings. The standard InChI is InChI=1S/C11H21N3O/c1-10-11(2)14(9-13-10)7-4-5-12-6-8-15-3/h9,12H,4-8H2,1-3H3. The molecule has 86 valence electrons. The second-order valence-corrected chi connectivity index (χ2v) is 3.71. The Balaban J connectivity index is 2.12. The van der Waals surface area contributed by atoms with Crippen LogP contribution >= 0.6 is 0 Å². The summed E-state index contributed by atoms with van der Waals surface area (Å²) in [5.74, 6) is 0. The second-order valence-electron chi connectivity index (χ2n) is 3.71. The van der Waals surface area contributed by atoms with Crippen molar-refractivity contribution >= 4 is 0 Å². The maximum Gasteiger partial charge on any atom is 0.0951 e. The molecular weight excluding hydrogens is 190 g/mol. The van der Waals surface area contributed by atoms with E-state index >= 15 is 0 Å². The highest BCUT2D eigenvalue weighted by Gasteiger charge is 2.00. The van der Waals surface area contributed by atoms with Gasteiger partial charge in [0.1, 0.15) is 0 Å². The van der Waals surface area contributed by atoms with Gasteiger partial charge in [-0.05, 0) is 26.8 Å². The van der Waals surface area contributed by atoms with Crippen molar-refractivity contribution < 1.29 is 4.74 Å². The summed E-state index contributed by atoms with van der Waals surface area (Å²) in [6, 6.07) is 0. The minimum atomic E-state index is 0.781. The molecule has 0 fully saturated rings. The Bertz CT molecular complexity index is 283. The van der Waals surface area contributed by atoms with Gasteiger partial charge in [0.15, 0.2) is 0 Å². The fourth-order valence-electron chi connectivity index (χ4n) is 1.44. The molecule has 4 heteroatoms. The number of nitrogens with one attached hydrogen (secondary N) is 1. The number of rotatable bonds is 7. The minimum Gasteiger partial charge on any atom is -0.383 e. The summed E-state index contributed by atoms with van der Waals surface area (Å²) in [5.41, 5.74) is 2.40. The van der Waals surface area contributed by atoms with Gasteiger partial charge in [-0.1, -0.05) is 0 Å². The molecule has 0 saturated carbocycles. The summed E-state index contributed by atoms with van der Waals surface area (Å²) < 4.78 is 7.15. The van der Waals surface area contributed by atoms with Crippen molar-refractivity contribution in [2.24, 2.45) is 0 Å². The maximum atomic E-state index is 4.95. The van der Waals surface area contributed by atoms with Crippen molar-refractivity contribution in [3.05, 3.63) is 17.7 Å². The van der Waals surface area contributed by atoms with Crippen molar-refractivity contribution in [2.75, 3.05) is 26.8 Å². The molecule has 0 amide bonds. The molecule has 0 aliphatic heterocycles. The maximum absolute atomic E-state index is 4.95.